The Bertz CT molecular complexity index is 1130. The Labute approximate surface area is 171 Å². The summed E-state index contributed by atoms with van der Waals surface area (Å²) in [6.07, 6.45) is 3.32. The van der Waals surface area contributed by atoms with E-state index in [0.29, 0.717) is 12.1 Å². The molecule has 0 saturated heterocycles. The van der Waals surface area contributed by atoms with Crippen LogP contribution in [0.5, 0.6) is 5.75 Å². The summed E-state index contributed by atoms with van der Waals surface area (Å²) in [7, 11) is 0. The average molecular weight is 429 g/mol. The molecule has 0 aliphatic heterocycles. The van der Waals surface area contributed by atoms with Gasteiger partial charge in [-0.3, -0.25) is 45.4 Å². The van der Waals surface area contributed by atoms with Gasteiger partial charge < -0.3 is 5.11 Å². The van der Waals surface area contributed by atoms with E-state index in [1.807, 2.05) is 18.2 Å². The second-order valence-corrected chi connectivity index (χ2v) is 5.65. The fourth-order valence-electron chi connectivity index (χ4n) is 2.32. The molecule has 2 aromatic carbocycles. The van der Waals surface area contributed by atoms with Crippen LogP contribution in [0.25, 0.3) is 11.1 Å². The van der Waals surface area contributed by atoms with Crippen molar-refractivity contribution in [3.05, 3.63) is 101 Å². The number of nitrogens with zero attached hydrogens (tertiary/aromatic N) is 5. The van der Waals surface area contributed by atoms with Gasteiger partial charge in [0.05, 0.1) is 31.8 Å². The number of phenolic OH excluding ortho intramolecular Hbond substituents is 1. The smallest absolute Gasteiger partial charge is 0.324 e. The zero-order chi connectivity index (χ0) is 23.1. The van der Waals surface area contributed by atoms with E-state index in [1.165, 1.54) is 6.07 Å². The Morgan fingerprint density at radius 1 is 0.645 bits per heavy atom. The summed E-state index contributed by atoms with van der Waals surface area (Å²) in [5.41, 5.74) is -1.15. The predicted molar refractivity (Wildman–Crippen MR) is 104 cm³/mol. The third kappa shape index (κ3) is 5.50. The number of hydrogen-bond donors (Lipinski definition) is 1. The fourth-order valence-corrected chi connectivity index (χ4v) is 2.32. The van der Waals surface area contributed by atoms with Crippen molar-refractivity contribution in [2.45, 2.75) is 0 Å². The lowest BCUT2D eigenvalue weighted by Gasteiger charge is -1.99. The molecule has 0 spiro atoms. The summed E-state index contributed by atoms with van der Waals surface area (Å²) in [6.45, 7) is 0. The van der Waals surface area contributed by atoms with Crippen molar-refractivity contribution >= 4 is 22.7 Å². The highest BCUT2D eigenvalue weighted by atomic mass is 16.6. The van der Waals surface area contributed by atoms with Crippen LogP contribution in [-0.2, 0) is 0 Å². The summed E-state index contributed by atoms with van der Waals surface area (Å²) < 4.78 is 0. The molecule has 0 aliphatic rings. The summed E-state index contributed by atoms with van der Waals surface area (Å²) in [5, 5.41) is 50.8. The van der Waals surface area contributed by atoms with Crippen LogP contribution in [0.15, 0.2) is 60.9 Å². The van der Waals surface area contributed by atoms with Gasteiger partial charge in [0, 0.05) is 24.5 Å². The minimum Gasteiger partial charge on any atom is -0.497 e. The maximum absolute atomic E-state index is 10.6. The highest BCUT2D eigenvalue weighted by Crippen LogP contribution is 2.38. The molecule has 0 radical (unpaired) electrons. The number of nitro groups is 4. The van der Waals surface area contributed by atoms with E-state index in [2.05, 4.69) is 4.98 Å². The summed E-state index contributed by atoms with van der Waals surface area (Å²) in [6, 6.07) is 11.1. The molecule has 1 N–H and O–H groups in total. The zero-order valence-electron chi connectivity index (χ0n) is 15.2. The number of benzene rings is 2. The van der Waals surface area contributed by atoms with Gasteiger partial charge in [-0.05, 0) is 23.3 Å². The highest BCUT2D eigenvalue weighted by Gasteiger charge is 2.30. The van der Waals surface area contributed by atoms with Crippen LogP contribution >= 0.6 is 0 Å². The Morgan fingerprint density at radius 2 is 1.16 bits per heavy atom. The average Bonchev–Trinajstić information content (AvgIpc) is 2.74. The fraction of sp³-hybridized carbons (Fsp3) is 0. The summed E-state index contributed by atoms with van der Waals surface area (Å²) in [4.78, 5) is 41.8. The minimum atomic E-state index is -1.21. The van der Waals surface area contributed by atoms with Crippen LogP contribution in [0, 0.1) is 40.5 Å². The van der Waals surface area contributed by atoms with E-state index in [0.717, 1.165) is 11.1 Å². The molecular weight excluding hydrogens is 418 g/mol. The highest BCUT2D eigenvalue weighted by molar-refractivity contribution is 5.65. The van der Waals surface area contributed by atoms with Gasteiger partial charge in [0.25, 0.3) is 17.1 Å². The topological polar surface area (TPSA) is 206 Å². The first-order valence-electron chi connectivity index (χ1n) is 8.07. The number of aromatic nitrogens is 1. The number of hydrogen-bond acceptors (Lipinski definition) is 10. The Hall–Kier alpha value is -5.01. The summed E-state index contributed by atoms with van der Waals surface area (Å²) >= 11 is 0. The molecule has 3 rings (SSSR count). The predicted octanol–water partition coefficient (Wildman–Crippen LogP) is 3.77. The van der Waals surface area contributed by atoms with Crippen LogP contribution in [0.2, 0.25) is 0 Å². The molecule has 1 aromatic heterocycles. The third-order valence-electron chi connectivity index (χ3n) is 3.73. The minimum absolute atomic E-state index is 0.101. The van der Waals surface area contributed by atoms with Gasteiger partial charge in [0.1, 0.15) is 0 Å². The van der Waals surface area contributed by atoms with Gasteiger partial charge in [-0.2, -0.15) is 0 Å². The van der Waals surface area contributed by atoms with Gasteiger partial charge in [-0.25, -0.2) is 0 Å². The molecule has 158 valence electrons. The normalized spacial score (nSPS) is 9.81. The second-order valence-electron chi connectivity index (χ2n) is 5.65. The van der Waals surface area contributed by atoms with Crippen LogP contribution in [0.1, 0.15) is 0 Å². The standard InChI is InChI=1S/C11H8N2O2.C6H3N3O7/c14-13(15)11-3-1-2-10(8-11)9-4-6-12-7-5-9;10-6-4(8(13)14)1-3(7(11)12)2-5(6)9(15)16/h1-8H;1-2,10H. The van der Waals surface area contributed by atoms with Crippen molar-refractivity contribution in [3.8, 4) is 16.9 Å². The van der Waals surface area contributed by atoms with Crippen LogP contribution < -0.4 is 0 Å². The molecule has 1 heterocycles. The molecule has 14 heteroatoms. The summed E-state index contributed by atoms with van der Waals surface area (Å²) in [5.74, 6) is -1.21. The number of rotatable bonds is 5. The van der Waals surface area contributed by atoms with Crippen molar-refractivity contribution in [3.63, 3.8) is 0 Å². The van der Waals surface area contributed by atoms with Crippen molar-refractivity contribution in [1.82, 2.24) is 4.98 Å². The zero-order valence-corrected chi connectivity index (χ0v) is 15.2. The van der Waals surface area contributed by atoms with Gasteiger partial charge >= 0.3 is 11.4 Å². The van der Waals surface area contributed by atoms with Crippen molar-refractivity contribution in [1.29, 1.82) is 0 Å². The molecule has 0 saturated carbocycles. The molecule has 31 heavy (non-hydrogen) atoms. The van der Waals surface area contributed by atoms with Crippen LogP contribution in [0.3, 0.4) is 0 Å². The largest absolute Gasteiger partial charge is 0.497 e. The molecule has 0 aliphatic carbocycles. The first-order chi connectivity index (χ1) is 14.6. The van der Waals surface area contributed by atoms with Gasteiger partial charge in [-0.15, -0.1) is 0 Å². The van der Waals surface area contributed by atoms with Gasteiger partial charge in [-0.1, -0.05) is 12.1 Å². The molecular formula is C17H11N5O9. The van der Waals surface area contributed by atoms with E-state index in [1.54, 1.807) is 24.5 Å². The molecule has 14 nitrogen and oxygen atoms in total. The maximum Gasteiger partial charge on any atom is 0.324 e. The molecule has 0 unspecified atom stereocenters. The molecule has 3 aromatic rings. The molecule has 0 fully saturated rings. The Morgan fingerprint density at radius 3 is 1.61 bits per heavy atom. The van der Waals surface area contributed by atoms with E-state index < -0.39 is 42.5 Å². The number of nitro benzene ring substituents is 4. The van der Waals surface area contributed by atoms with Crippen molar-refractivity contribution < 1.29 is 24.8 Å². The van der Waals surface area contributed by atoms with E-state index in [9.17, 15) is 40.5 Å². The quantitative estimate of drug-likeness (QED) is 0.458. The Kier molecular flexibility index (Phi) is 6.80. The SMILES string of the molecule is O=[N+]([O-])c1cc([N+](=O)[O-])c(O)c([N+](=O)[O-])c1.O=[N+]([O-])c1cccc(-c2ccncc2)c1. The van der Waals surface area contributed by atoms with Crippen LogP contribution in [-0.4, -0.2) is 29.8 Å². The number of phenols is 1. The lowest BCUT2D eigenvalue weighted by Crippen LogP contribution is -1.97. The van der Waals surface area contributed by atoms with Crippen LogP contribution in [0.4, 0.5) is 22.7 Å². The molecule has 0 amide bonds. The number of non-ortho nitro benzene ring substituents is 2. The first-order valence-corrected chi connectivity index (χ1v) is 8.07. The monoisotopic (exact) mass is 429 g/mol. The van der Waals surface area contributed by atoms with E-state index >= 15 is 0 Å². The molecule has 0 bridgehead atoms. The first kappa shape index (κ1) is 22.3. The lowest BCUT2D eigenvalue weighted by molar-refractivity contribution is -0.404. The van der Waals surface area contributed by atoms with E-state index in [4.69, 9.17) is 5.11 Å². The maximum atomic E-state index is 10.6. The van der Waals surface area contributed by atoms with Crippen molar-refractivity contribution in [2.24, 2.45) is 0 Å². The van der Waals surface area contributed by atoms with E-state index in [-0.39, 0.29) is 5.69 Å². The molecule has 0 atom stereocenters. The van der Waals surface area contributed by atoms with Gasteiger partial charge in [0.15, 0.2) is 0 Å². The van der Waals surface area contributed by atoms with Crippen molar-refractivity contribution in [2.75, 3.05) is 0 Å². The number of aromatic hydroxyl groups is 1. The number of pyridine rings is 1. The second kappa shape index (κ2) is 9.46. The van der Waals surface area contributed by atoms with Gasteiger partial charge in [0.2, 0.25) is 0 Å². The third-order valence-corrected chi connectivity index (χ3v) is 3.73. The Balaban J connectivity index is 0.000000220. The lowest BCUT2D eigenvalue weighted by atomic mass is 10.1.